The fourth-order valence-electron chi connectivity index (χ4n) is 2.99. The Morgan fingerprint density at radius 2 is 1.93 bits per heavy atom. The van der Waals surface area contributed by atoms with Gasteiger partial charge in [-0.3, -0.25) is 14.3 Å². The van der Waals surface area contributed by atoms with Crippen LogP contribution in [0.2, 0.25) is 0 Å². The van der Waals surface area contributed by atoms with Gasteiger partial charge in [-0.25, -0.2) is 9.59 Å². The number of carbonyl (C=O) groups excluding carboxylic acids is 1. The number of ether oxygens (including phenoxy) is 2. The molecule has 29 heavy (non-hydrogen) atoms. The van der Waals surface area contributed by atoms with Crippen molar-refractivity contribution < 1.29 is 14.3 Å². The quantitative estimate of drug-likeness (QED) is 0.427. The fourth-order valence-corrected chi connectivity index (χ4v) is 4.07. The van der Waals surface area contributed by atoms with E-state index in [4.69, 9.17) is 4.74 Å². The second-order valence-corrected chi connectivity index (χ2v) is 7.80. The molecule has 2 aromatic heterocycles. The van der Waals surface area contributed by atoms with Crippen LogP contribution in [-0.2, 0) is 17.7 Å². The van der Waals surface area contributed by atoms with Crippen LogP contribution in [0.5, 0.6) is 5.75 Å². The van der Waals surface area contributed by atoms with Crippen molar-refractivity contribution in [1.29, 1.82) is 0 Å². The number of esters is 1. The van der Waals surface area contributed by atoms with Gasteiger partial charge in [-0.1, -0.05) is 13.3 Å². The molecule has 0 atom stereocenters. The van der Waals surface area contributed by atoms with E-state index in [1.807, 2.05) is 6.07 Å². The molecule has 0 aliphatic heterocycles. The molecule has 0 saturated heterocycles. The third-order valence-electron chi connectivity index (χ3n) is 4.57. The van der Waals surface area contributed by atoms with Crippen LogP contribution in [0.4, 0.5) is 0 Å². The van der Waals surface area contributed by atoms with Crippen molar-refractivity contribution >= 4 is 27.5 Å². The van der Waals surface area contributed by atoms with Crippen molar-refractivity contribution in [1.82, 2.24) is 9.55 Å². The number of fused-ring (bicyclic) bond motifs is 1. The Kier molecular flexibility index (Phi) is 6.87. The zero-order valence-corrected chi connectivity index (χ0v) is 17.3. The number of unbranched alkanes of at least 4 members (excludes halogenated alkanes) is 1. The average molecular weight is 416 g/mol. The van der Waals surface area contributed by atoms with Gasteiger partial charge in [-0.2, -0.15) is 0 Å². The van der Waals surface area contributed by atoms with E-state index in [2.05, 4.69) is 16.6 Å². The lowest BCUT2D eigenvalue weighted by Gasteiger charge is -2.08. The number of H-pyrrole nitrogens is 1. The van der Waals surface area contributed by atoms with Crippen molar-refractivity contribution in [2.24, 2.45) is 0 Å². The lowest BCUT2D eigenvalue weighted by molar-refractivity contribution is 0.0600. The number of nitrogens with one attached hydrogen (secondary N) is 1. The summed E-state index contributed by atoms with van der Waals surface area (Å²) in [4.78, 5) is 41.0. The van der Waals surface area contributed by atoms with Gasteiger partial charge in [0.15, 0.2) is 0 Å². The Balaban J connectivity index is 1.62. The smallest absolute Gasteiger partial charge is 0.337 e. The van der Waals surface area contributed by atoms with Gasteiger partial charge in [0, 0.05) is 11.4 Å². The van der Waals surface area contributed by atoms with Gasteiger partial charge in [0.1, 0.15) is 10.6 Å². The number of rotatable bonds is 9. The summed E-state index contributed by atoms with van der Waals surface area (Å²) in [5, 5.41) is 0.569. The molecule has 1 aromatic carbocycles. The average Bonchev–Trinajstić information content (AvgIpc) is 3.14. The minimum absolute atomic E-state index is 0.259. The SMILES string of the molecule is CCCCc1cc2c(=O)n(CCCOc3ccc(C(=O)OC)cc3)c(=O)[nH]c2s1. The first-order chi connectivity index (χ1) is 14.0. The lowest BCUT2D eigenvalue weighted by Crippen LogP contribution is -2.35. The Morgan fingerprint density at radius 3 is 2.62 bits per heavy atom. The molecule has 154 valence electrons. The maximum absolute atomic E-state index is 12.7. The van der Waals surface area contributed by atoms with Gasteiger partial charge < -0.3 is 9.47 Å². The first-order valence-electron chi connectivity index (χ1n) is 9.60. The van der Waals surface area contributed by atoms with Crippen LogP contribution >= 0.6 is 11.3 Å². The number of aryl methyl sites for hydroxylation is 1. The summed E-state index contributed by atoms with van der Waals surface area (Å²) < 4.78 is 11.5. The van der Waals surface area contributed by atoms with E-state index in [9.17, 15) is 14.4 Å². The highest BCUT2D eigenvalue weighted by Gasteiger charge is 2.11. The van der Waals surface area contributed by atoms with E-state index in [1.54, 1.807) is 24.3 Å². The molecule has 0 aliphatic carbocycles. The molecule has 7 nitrogen and oxygen atoms in total. The number of hydrogen-bond acceptors (Lipinski definition) is 6. The van der Waals surface area contributed by atoms with Gasteiger partial charge in [0.05, 0.1) is 24.7 Å². The summed E-state index contributed by atoms with van der Waals surface area (Å²) in [6.45, 7) is 2.73. The summed E-state index contributed by atoms with van der Waals surface area (Å²) >= 11 is 1.48. The molecule has 0 bridgehead atoms. The van der Waals surface area contributed by atoms with Crippen LogP contribution < -0.4 is 16.0 Å². The molecule has 0 fully saturated rings. The molecule has 3 aromatic rings. The monoisotopic (exact) mass is 416 g/mol. The van der Waals surface area contributed by atoms with Crippen molar-refractivity contribution in [3.05, 3.63) is 61.6 Å². The summed E-state index contributed by atoms with van der Waals surface area (Å²) in [6.07, 6.45) is 3.56. The Bertz CT molecular complexity index is 1090. The van der Waals surface area contributed by atoms with Gasteiger partial charge in [0.2, 0.25) is 0 Å². The van der Waals surface area contributed by atoms with Crippen LogP contribution in [-0.4, -0.2) is 29.2 Å². The first-order valence-corrected chi connectivity index (χ1v) is 10.4. The van der Waals surface area contributed by atoms with E-state index >= 15 is 0 Å². The van der Waals surface area contributed by atoms with Crippen LogP contribution in [0, 0.1) is 0 Å². The molecule has 8 heteroatoms. The van der Waals surface area contributed by atoms with E-state index in [-0.39, 0.29) is 12.1 Å². The highest BCUT2D eigenvalue weighted by atomic mass is 32.1. The van der Waals surface area contributed by atoms with Crippen molar-refractivity contribution in [3.63, 3.8) is 0 Å². The first kappa shape index (κ1) is 20.9. The van der Waals surface area contributed by atoms with Gasteiger partial charge in [0.25, 0.3) is 5.56 Å². The van der Waals surface area contributed by atoms with E-state index in [0.29, 0.717) is 34.6 Å². The van der Waals surface area contributed by atoms with Crippen LogP contribution in [0.3, 0.4) is 0 Å². The number of benzene rings is 1. The zero-order valence-electron chi connectivity index (χ0n) is 16.5. The predicted molar refractivity (Wildman–Crippen MR) is 113 cm³/mol. The van der Waals surface area contributed by atoms with Crippen LogP contribution in [0.15, 0.2) is 39.9 Å². The van der Waals surface area contributed by atoms with Gasteiger partial charge in [-0.15, -0.1) is 11.3 Å². The number of aromatic nitrogens is 2. The number of nitrogens with zero attached hydrogens (tertiary/aromatic N) is 1. The molecule has 0 saturated carbocycles. The molecule has 0 amide bonds. The van der Waals surface area contributed by atoms with Crippen LogP contribution in [0.25, 0.3) is 10.2 Å². The third kappa shape index (κ3) is 4.95. The normalized spacial score (nSPS) is 11.0. The summed E-state index contributed by atoms with van der Waals surface area (Å²) in [6, 6.07) is 8.50. The minimum Gasteiger partial charge on any atom is -0.494 e. The molecule has 3 rings (SSSR count). The fraction of sp³-hybridized carbons (Fsp3) is 0.381. The van der Waals surface area contributed by atoms with E-state index < -0.39 is 11.7 Å². The maximum atomic E-state index is 12.7. The van der Waals surface area contributed by atoms with E-state index in [0.717, 1.165) is 24.1 Å². The van der Waals surface area contributed by atoms with E-state index in [1.165, 1.54) is 23.0 Å². The molecule has 0 spiro atoms. The minimum atomic E-state index is -0.406. The topological polar surface area (TPSA) is 90.4 Å². The summed E-state index contributed by atoms with van der Waals surface area (Å²) in [5.41, 5.74) is -0.209. The number of aromatic amines is 1. The number of hydrogen-bond donors (Lipinski definition) is 1. The standard InChI is InChI=1S/C21H24N2O5S/c1-3-4-6-16-13-17-18(29-16)22-21(26)23(19(17)24)11-5-12-28-15-9-7-14(8-10-15)20(25)27-2/h7-10,13H,3-6,11-12H2,1-2H3,(H,22,26). The highest BCUT2D eigenvalue weighted by Crippen LogP contribution is 2.22. The van der Waals surface area contributed by atoms with Gasteiger partial charge >= 0.3 is 11.7 Å². The largest absolute Gasteiger partial charge is 0.494 e. The highest BCUT2D eigenvalue weighted by molar-refractivity contribution is 7.18. The Morgan fingerprint density at radius 1 is 1.17 bits per heavy atom. The molecule has 0 radical (unpaired) electrons. The third-order valence-corrected chi connectivity index (χ3v) is 5.68. The number of carbonyl (C=O) groups is 1. The molecule has 0 aliphatic rings. The summed E-state index contributed by atoms with van der Waals surface area (Å²) in [5.74, 6) is 0.199. The molecule has 0 unspecified atom stereocenters. The zero-order chi connectivity index (χ0) is 20.8. The summed E-state index contributed by atoms with van der Waals surface area (Å²) in [7, 11) is 1.33. The molecular formula is C21H24N2O5S. The Hall–Kier alpha value is -2.87. The molecular weight excluding hydrogens is 392 g/mol. The lowest BCUT2D eigenvalue weighted by atomic mass is 10.2. The maximum Gasteiger partial charge on any atom is 0.337 e. The van der Waals surface area contributed by atoms with Crippen molar-refractivity contribution in [3.8, 4) is 5.75 Å². The van der Waals surface area contributed by atoms with Crippen molar-refractivity contribution in [2.75, 3.05) is 13.7 Å². The van der Waals surface area contributed by atoms with Crippen LogP contribution in [0.1, 0.15) is 41.4 Å². The number of thiophene rings is 1. The second kappa shape index (κ2) is 9.56. The van der Waals surface area contributed by atoms with Crippen molar-refractivity contribution in [2.45, 2.75) is 39.2 Å². The Labute approximate surface area is 171 Å². The second-order valence-electron chi connectivity index (χ2n) is 6.66. The molecule has 1 N–H and O–H groups in total. The van der Waals surface area contributed by atoms with Gasteiger partial charge in [-0.05, 0) is 49.6 Å². The predicted octanol–water partition coefficient (Wildman–Crippen LogP) is 3.35. The molecule has 2 heterocycles. The number of methoxy groups -OCH3 is 1.